The van der Waals surface area contributed by atoms with E-state index in [4.69, 9.17) is 0 Å². The molecule has 2 aromatic heterocycles. The minimum Gasteiger partial charge on any atom is -0.355 e. The van der Waals surface area contributed by atoms with Crippen LogP contribution in [0, 0.1) is 12.8 Å². The Morgan fingerprint density at radius 1 is 1.32 bits per heavy atom. The zero-order chi connectivity index (χ0) is 13.2. The highest BCUT2D eigenvalue weighted by molar-refractivity contribution is 5.40. The molecule has 1 saturated heterocycles. The fraction of sp³-hybridized carbons (Fsp3) is 0.467. The third-order valence-corrected chi connectivity index (χ3v) is 4.02. The first kappa shape index (κ1) is 12.2. The molecule has 1 aliphatic heterocycles. The number of hydrogen-bond donors (Lipinski definition) is 0. The number of aryl methyl sites for hydroxylation is 1. The zero-order valence-electron chi connectivity index (χ0n) is 11.5. The number of aromatic nitrogens is 3. The van der Waals surface area contributed by atoms with Crippen molar-refractivity contribution >= 4 is 5.82 Å². The molecular weight excluding hydrogens is 236 g/mol. The summed E-state index contributed by atoms with van der Waals surface area (Å²) < 4.78 is 2.23. The highest BCUT2D eigenvalue weighted by Crippen LogP contribution is 2.29. The summed E-state index contributed by atoms with van der Waals surface area (Å²) in [4.78, 5) is 11.2. The first-order chi connectivity index (χ1) is 9.24. The molecule has 4 heteroatoms. The molecule has 1 fully saturated rings. The Morgan fingerprint density at radius 2 is 2.21 bits per heavy atom. The van der Waals surface area contributed by atoms with Gasteiger partial charge in [-0.05, 0) is 31.4 Å². The van der Waals surface area contributed by atoms with E-state index in [0.717, 1.165) is 24.6 Å². The summed E-state index contributed by atoms with van der Waals surface area (Å²) in [7, 11) is 0. The Morgan fingerprint density at radius 3 is 2.95 bits per heavy atom. The lowest BCUT2D eigenvalue weighted by atomic mass is 9.93. The van der Waals surface area contributed by atoms with Crippen LogP contribution < -0.4 is 4.90 Å². The van der Waals surface area contributed by atoms with Crippen molar-refractivity contribution in [1.82, 2.24) is 14.5 Å². The predicted molar refractivity (Wildman–Crippen MR) is 76.2 cm³/mol. The van der Waals surface area contributed by atoms with Crippen molar-refractivity contribution in [2.75, 3.05) is 18.0 Å². The number of rotatable bonds is 2. The Kier molecular flexibility index (Phi) is 3.23. The monoisotopic (exact) mass is 256 g/mol. The maximum Gasteiger partial charge on any atom is 0.128 e. The van der Waals surface area contributed by atoms with Gasteiger partial charge in [0.15, 0.2) is 0 Å². The molecule has 3 rings (SSSR count). The van der Waals surface area contributed by atoms with Crippen LogP contribution in [-0.4, -0.2) is 27.6 Å². The van der Waals surface area contributed by atoms with Crippen LogP contribution in [0.15, 0.2) is 36.9 Å². The highest BCUT2D eigenvalue weighted by Gasteiger charge is 2.27. The van der Waals surface area contributed by atoms with E-state index < -0.39 is 0 Å². The van der Waals surface area contributed by atoms with Crippen LogP contribution in [0.5, 0.6) is 0 Å². The van der Waals surface area contributed by atoms with Gasteiger partial charge in [-0.2, -0.15) is 0 Å². The summed E-state index contributed by atoms with van der Waals surface area (Å²) >= 11 is 0. The second kappa shape index (κ2) is 5.03. The Balaban J connectivity index is 1.82. The molecule has 0 aromatic carbocycles. The maximum atomic E-state index is 4.64. The highest BCUT2D eigenvalue weighted by atomic mass is 15.2. The maximum absolute atomic E-state index is 4.64. The topological polar surface area (TPSA) is 34.0 Å². The first-order valence-electron chi connectivity index (χ1n) is 6.90. The molecule has 0 bridgehead atoms. The molecule has 0 saturated carbocycles. The second-order valence-corrected chi connectivity index (χ2v) is 5.43. The summed E-state index contributed by atoms with van der Waals surface area (Å²) in [6, 6.07) is 6.72. The van der Waals surface area contributed by atoms with Crippen molar-refractivity contribution in [1.29, 1.82) is 0 Å². The van der Waals surface area contributed by atoms with Crippen LogP contribution in [-0.2, 0) is 0 Å². The number of hydrogen-bond acceptors (Lipinski definition) is 3. The molecule has 100 valence electrons. The minimum absolute atomic E-state index is 0.485. The van der Waals surface area contributed by atoms with E-state index in [2.05, 4.69) is 44.7 Å². The van der Waals surface area contributed by atoms with Crippen molar-refractivity contribution < 1.29 is 0 Å². The average Bonchev–Trinajstić information content (AvgIpc) is 2.93. The number of pyridine rings is 1. The number of piperidine rings is 1. The van der Waals surface area contributed by atoms with Crippen LogP contribution in [0.25, 0.3) is 0 Å². The third kappa shape index (κ3) is 2.48. The van der Waals surface area contributed by atoms with E-state index in [1.54, 1.807) is 0 Å². The first-order valence-corrected chi connectivity index (χ1v) is 6.90. The van der Waals surface area contributed by atoms with Gasteiger partial charge in [0.2, 0.25) is 0 Å². The van der Waals surface area contributed by atoms with E-state index in [1.165, 1.54) is 6.42 Å². The molecule has 0 amide bonds. The molecule has 19 heavy (non-hydrogen) atoms. The largest absolute Gasteiger partial charge is 0.355 e. The van der Waals surface area contributed by atoms with Gasteiger partial charge in [0.05, 0.1) is 12.4 Å². The quantitative estimate of drug-likeness (QED) is 0.828. The van der Waals surface area contributed by atoms with Crippen LogP contribution in [0.1, 0.15) is 25.1 Å². The van der Waals surface area contributed by atoms with E-state index in [-0.39, 0.29) is 0 Å². The fourth-order valence-electron chi connectivity index (χ4n) is 2.82. The second-order valence-electron chi connectivity index (χ2n) is 5.43. The lowest BCUT2D eigenvalue weighted by molar-refractivity contribution is 0.298. The van der Waals surface area contributed by atoms with E-state index in [0.29, 0.717) is 12.0 Å². The van der Waals surface area contributed by atoms with Crippen LogP contribution in [0.2, 0.25) is 0 Å². The fourth-order valence-corrected chi connectivity index (χ4v) is 2.82. The van der Waals surface area contributed by atoms with Crippen molar-refractivity contribution in [3.8, 4) is 0 Å². The van der Waals surface area contributed by atoms with Gasteiger partial charge in [0, 0.05) is 31.2 Å². The molecule has 4 nitrogen and oxygen atoms in total. The molecule has 0 unspecified atom stereocenters. The van der Waals surface area contributed by atoms with E-state index in [1.807, 2.05) is 25.5 Å². The SMILES string of the molecule is Cc1cccc(N2CC[C@H](C)[C@@H](n3ccnc3)C2)n1. The van der Waals surface area contributed by atoms with Gasteiger partial charge < -0.3 is 9.47 Å². The van der Waals surface area contributed by atoms with Crippen molar-refractivity contribution in [2.45, 2.75) is 26.3 Å². The number of nitrogens with zero attached hydrogens (tertiary/aromatic N) is 4. The standard InChI is InChI=1S/C15H20N4/c1-12-6-8-18(15-5-3-4-13(2)17-15)10-14(12)19-9-7-16-11-19/h3-5,7,9,11-12,14H,6,8,10H2,1-2H3/t12-,14-/m0/s1. The Bertz CT molecular complexity index is 535. The zero-order valence-corrected chi connectivity index (χ0v) is 11.5. The van der Waals surface area contributed by atoms with Crippen molar-refractivity contribution in [3.05, 3.63) is 42.6 Å². The van der Waals surface area contributed by atoms with Crippen LogP contribution in [0.3, 0.4) is 0 Å². The molecule has 2 atom stereocenters. The van der Waals surface area contributed by atoms with Crippen LogP contribution in [0.4, 0.5) is 5.82 Å². The molecular formula is C15H20N4. The number of anilines is 1. The predicted octanol–water partition coefficient (Wildman–Crippen LogP) is 2.67. The minimum atomic E-state index is 0.485. The smallest absolute Gasteiger partial charge is 0.128 e. The van der Waals surface area contributed by atoms with Gasteiger partial charge in [-0.3, -0.25) is 0 Å². The van der Waals surface area contributed by atoms with E-state index in [9.17, 15) is 0 Å². The molecule has 0 spiro atoms. The van der Waals surface area contributed by atoms with Gasteiger partial charge >= 0.3 is 0 Å². The summed E-state index contributed by atoms with van der Waals surface area (Å²) in [6.45, 7) is 6.46. The molecule has 0 N–H and O–H groups in total. The summed E-state index contributed by atoms with van der Waals surface area (Å²) in [5, 5.41) is 0. The summed E-state index contributed by atoms with van der Waals surface area (Å²) in [5.41, 5.74) is 1.08. The van der Waals surface area contributed by atoms with Gasteiger partial charge in [-0.15, -0.1) is 0 Å². The Hall–Kier alpha value is -1.84. The number of imidazole rings is 1. The molecule has 2 aromatic rings. The molecule has 1 aliphatic rings. The molecule has 0 radical (unpaired) electrons. The molecule has 3 heterocycles. The van der Waals surface area contributed by atoms with E-state index >= 15 is 0 Å². The normalized spacial score (nSPS) is 23.6. The molecule has 0 aliphatic carbocycles. The summed E-state index contributed by atoms with van der Waals surface area (Å²) in [6.07, 6.45) is 7.04. The third-order valence-electron chi connectivity index (χ3n) is 4.02. The van der Waals surface area contributed by atoms with Crippen molar-refractivity contribution in [3.63, 3.8) is 0 Å². The van der Waals surface area contributed by atoms with Crippen LogP contribution >= 0.6 is 0 Å². The lowest BCUT2D eigenvalue weighted by Gasteiger charge is -2.38. The Labute approximate surface area is 114 Å². The lowest BCUT2D eigenvalue weighted by Crippen LogP contribution is -2.41. The van der Waals surface area contributed by atoms with Gasteiger partial charge in [0.1, 0.15) is 5.82 Å². The van der Waals surface area contributed by atoms with Gasteiger partial charge in [0.25, 0.3) is 0 Å². The van der Waals surface area contributed by atoms with Crippen molar-refractivity contribution in [2.24, 2.45) is 5.92 Å². The summed E-state index contributed by atoms with van der Waals surface area (Å²) in [5.74, 6) is 1.77. The van der Waals surface area contributed by atoms with Gasteiger partial charge in [-0.25, -0.2) is 9.97 Å². The van der Waals surface area contributed by atoms with Gasteiger partial charge in [-0.1, -0.05) is 13.0 Å². The average molecular weight is 256 g/mol.